The fourth-order valence-corrected chi connectivity index (χ4v) is 4.16. The number of rotatable bonds is 8. The lowest BCUT2D eigenvalue weighted by atomic mass is 10.1. The van der Waals surface area contributed by atoms with Gasteiger partial charge in [-0.25, -0.2) is 13.6 Å². The number of hydrogen-bond donors (Lipinski definition) is 2. The minimum absolute atomic E-state index is 0.0404. The maximum absolute atomic E-state index is 11.9. The van der Waals surface area contributed by atoms with Crippen LogP contribution in [0.4, 0.5) is 5.69 Å². The molecule has 0 spiro atoms. The molecule has 0 radical (unpaired) electrons. The molecule has 3 N–H and O–H groups in total. The van der Waals surface area contributed by atoms with Crippen LogP contribution in [0.2, 0.25) is 5.02 Å². The molecular formula is C16H17ClN6O4S2. The Balaban J connectivity index is 2.03. The highest BCUT2D eigenvalue weighted by Gasteiger charge is 2.21. The molecular weight excluding hydrogens is 440 g/mol. The van der Waals surface area contributed by atoms with Crippen molar-refractivity contribution in [2.45, 2.75) is 31.5 Å². The van der Waals surface area contributed by atoms with Crippen LogP contribution in [0.5, 0.6) is 0 Å². The van der Waals surface area contributed by atoms with E-state index in [2.05, 4.69) is 20.8 Å². The van der Waals surface area contributed by atoms with Crippen LogP contribution in [0.3, 0.4) is 0 Å². The van der Waals surface area contributed by atoms with Crippen molar-refractivity contribution in [1.82, 2.24) is 20.2 Å². The van der Waals surface area contributed by atoms with Gasteiger partial charge in [-0.15, -0.1) is 16.4 Å². The van der Waals surface area contributed by atoms with Crippen molar-refractivity contribution >= 4 is 44.6 Å². The van der Waals surface area contributed by atoms with E-state index < -0.39 is 16.0 Å². The third-order valence-electron chi connectivity index (χ3n) is 3.82. The van der Waals surface area contributed by atoms with E-state index in [9.17, 15) is 13.2 Å². The zero-order chi connectivity index (χ0) is 21.0. The molecule has 0 aliphatic heterocycles. The molecule has 0 aliphatic rings. The first kappa shape index (κ1) is 21.2. The van der Waals surface area contributed by atoms with Crippen molar-refractivity contribution in [1.29, 1.82) is 0 Å². The molecule has 0 saturated carbocycles. The van der Waals surface area contributed by atoms with Crippen molar-refractivity contribution in [3.8, 4) is 11.4 Å². The molecule has 0 unspecified atom stereocenters. The molecule has 0 atom stereocenters. The van der Waals surface area contributed by atoms with Crippen molar-refractivity contribution in [2.75, 3.05) is 5.32 Å². The molecule has 1 aromatic carbocycles. The predicted molar refractivity (Wildman–Crippen MR) is 108 cm³/mol. The average molecular weight is 457 g/mol. The van der Waals surface area contributed by atoms with Gasteiger partial charge >= 0.3 is 5.97 Å². The minimum Gasteiger partial charge on any atom is -0.442 e. The largest absolute Gasteiger partial charge is 0.442 e. The Hall–Kier alpha value is -2.54. The number of nitrogens with zero attached hydrogens (tertiary/aromatic N) is 4. The first-order valence-electron chi connectivity index (χ1n) is 8.34. The number of nitrogens with one attached hydrogen (secondary N) is 1. The lowest BCUT2D eigenvalue weighted by molar-refractivity contribution is -0.147. The summed E-state index contributed by atoms with van der Waals surface area (Å²) in [6.07, 6.45) is 0.196. The molecule has 154 valence electrons. The van der Waals surface area contributed by atoms with E-state index in [0.717, 1.165) is 4.88 Å². The van der Waals surface area contributed by atoms with E-state index in [1.165, 1.54) is 16.8 Å². The minimum atomic E-state index is -4.09. The molecule has 3 rings (SSSR count). The number of nitrogens with two attached hydrogens (primary N) is 1. The zero-order valence-electron chi connectivity index (χ0n) is 15.2. The van der Waals surface area contributed by atoms with Crippen LogP contribution in [0.15, 0.2) is 34.5 Å². The van der Waals surface area contributed by atoms with Gasteiger partial charge in [-0.3, -0.25) is 4.79 Å². The predicted octanol–water partition coefficient (Wildman–Crippen LogP) is 2.23. The SMILES string of the molecule is CCC(=O)OCn1nnnc1-c1cc(S(N)(=O)=O)c(Cl)cc1NCc1cccs1. The lowest BCUT2D eigenvalue weighted by Crippen LogP contribution is -2.15. The summed E-state index contributed by atoms with van der Waals surface area (Å²) >= 11 is 7.70. The van der Waals surface area contributed by atoms with Gasteiger partial charge in [-0.05, 0) is 34.0 Å². The van der Waals surface area contributed by atoms with E-state index in [4.69, 9.17) is 21.5 Å². The average Bonchev–Trinajstić information content (AvgIpc) is 3.35. The second kappa shape index (κ2) is 8.86. The fourth-order valence-electron chi connectivity index (χ4n) is 2.42. The van der Waals surface area contributed by atoms with E-state index >= 15 is 0 Å². The van der Waals surface area contributed by atoms with Crippen molar-refractivity contribution in [3.63, 3.8) is 0 Å². The Kier molecular flexibility index (Phi) is 6.47. The molecule has 13 heteroatoms. The standard InChI is InChI=1S/C16H17ClN6O4S2/c1-2-15(24)27-9-23-16(20-21-22-23)11-6-14(29(18,25)26)12(17)7-13(11)19-8-10-4-3-5-28-10/h3-7,19H,2,8-9H2,1H3,(H2,18,25,26). The highest BCUT2D eigenvalue weighted by molar-refractivity contribution is 7.89. The lowest BCUT2D eigenvalue weighted by Gasteiger charge is -2.14. The molecule has 29 heavy (non-hydrogen) atoms. The zero-order valence-corrected chi connectivity index (χ0v) is 17.6. The summed E-state index contributed by atoms with van der Waals surface area (Å²) in [7, 11) is -4.09. The monoisotopic (exact) mass is 456 g/mol. The summed E-state index contributed by atoms with van der Waals surface area (Å²) in [5.41, 5.74) is 0.834. The van der Waals surface area contributed by atoms with Gasteiger partial charge in [0.25, 0.3) is 0 Å². The molecule has 0 aliphatic carbocycles. The molecule has 2 aromatic heterocycles. The van der Waals surface area contributed by atoms with E-state index in [0.29, 0.717) is 17.8 Å². The van der Waals surface area contributed by atoms with Gasteiger partial charge in [0.2, 0.25) is 10.0 Å². The Morgan fingerprint density at radius 2 is 2.21 bits per heavy atom. The Morgan fingerprint density at radius 1 is 1.41 bits per heavy atom. The van der Waals surface area contributed by atoms with Crippen LogP contribution in [-0.2, 0) is 32.8 Å². The molecule has 0 saturated heterocycles. The number of esters is 1. The Bertz CT molecular complexity index is 1110. The van der Waals surface area contributed by atoms with Gasteiger partial charge in [-0.1, -0.05) is 24.6 Å². The number of sulfonamides is 1. The van der Waals surface area contributed by atoms with Gasteiger partial charge in [0.15, 0.2) is 12.6 Å². The van der Waals surface area contributed by atoms with Crippen LogP contribution in [0.1, 0.15) is 18.2 Å². The molecule has 0 fully saturated rings. The third kappa shape index (κ3) is 5.09. The van der Waals surface area contributed by atoms with E-state index in [1.54, 1.807) is 18.3 Å². The number of carbonyl (C=O) groups is 1. The van der Waals surface area contributed by atoms with Crippen LogP contribution >= 0.6 is 22.9 Å². The number of aromatic nitrogens is 4. The maximum atomic E-state index is 11.9. The van der Waals surface area contributed by atoms with Gasteiger partial charge in [0.05, 0.1) is 5.02 Å². The summed E-state index contributed by atoms with van der Waals surface area (Å²) in [4.78, 5) is 12.2. The first-order chi connectivity index (χ1) is 13.8. The summed E-state index contributed by atoms with van der Waals surface area (Å²) in [6.45, 7) is 1.90. The molecule has 10 nitrogen and oxygen atoms in total. The van der Waals surface area contributed by atoms with Gasteiger partial charge in [0.1, 0.15) is 4.90 Å². The number of benzene rings is 1. The van der Waals surface area contributed by atoms with Crippen molar-refractivity contribution < 1.29 is 17.9 Å². The van der Waals surface area contributed by atoms with Crippen LogP contribution < -0.4 is 10.5 Å². The second-order valence-electron chi connectivity index (χ2n) is 5.81. The van der Waals surface area contributed by atoms with Crippen molar-refractivity contribution in [2.24, 2.45) is 5.14 Å². The van der Waals surface area contributed by atoms with Crippen LogP contribution in [0.25, 0.3) is 11.4 Å². The molecule has 2 heterocycles. The topological polar surface area (TPSA) is 142 Å². The highest BCUT2D eigenvalue weighted by atomic mass is 35.5. The summed E-state index contributed by atoms with van der Waals surface area (Å²) in [5.74, 6) is -0.243. The normalized spacial score (nSPS) is 11.4. The number of carbonyl (C=O) groups excluding carboxylic acids is 1. The summed E-state index contributed by atoms with van der Waals surface area (Å²) < 4.78 is 30.1. The summed E-state index contributed by atoms with van der Waals surface area (Å²) in [5, 5.41) is 21.7. The highest BCUT2D eigenvalue weighted by Crippen LogP contribution is 2.34. The number of primary sulfonamides is 1. The van der Waals surface area contributed by atoms with Crippen molar-refractivity contribution in [3.05, 3.63) is 39.5 Å². The van der Waals surface area contributed by atoms with Crippen LogP contribution in [-0.4, -0.2) is 34.6 Å². The molecule has 3 aromatic rings. The number of tetrazole rings is 1. The third-order valence-corrected chi connectivity index (χ3v) is 6.07. The van der Waals surface area contributed by atoms with E-state index in [1.807, 2.05) is 17.5 Å². The van der Waals surface area contributed by atoms with E-state index in [-0.39, 0.29) is 28.9 Å². The Labute approximate surface area is 175 Å². The smallest absolute Gasteiger partial charge is 0.307 e. The first-order valence-corrected chi connectivity index (χ1v) is 11.1. The molecule has 0 amide bonds. The van der Waals surface area contributed by atoms with Gasteiger partial charge in [-0.2, -0.15) is 4.68 Å². The van der Waals surface area contributed by atoms with Crippen LogP contribution in [0, 0.1) is 0 Å². The fraction of sp³-hybridized carbons (Fsp3) is 0.250. The number of hydrogen-bond acceptors (Lipinski definition) is 9. The quantitative estimate of drug-likeness (QED) is 0.491. The number of anilines is 1. The number of halogens is 1. The summed E-state index contributed by atoms with van der Waals surface area (Å²) in [6, 6.07) is 6.60. The van der Waals surface area contributed by atoms with Gasteiger partial charge < -0.3 is 10.1 Å². The second-order valence-corrected chi connectivity index (χ2v) is 8.78. The number of ether oxygens (including phenoxy) is 1. The number of thiophene rings is 1. The molecule has 0 bridgehead atoms. The Morgan fingerprint density at radius 3 is 2.86 bits per heavy atom. The van der Waals surface area contributed by atoms with Gasteiger partial charge in [0, 0.05) is 29.1 Å². The maximum Gasteiger partial charge on any atom is 0.307 e.